The lowest BCUT2D eigenvalue weighted by Crippen LogP contribution is -2.06. The second-order valence-corrected chi connectivity index (χ2v) is 5.61. The summed E-state index contributed by atoms with van der Waals surface area (Å²) in [6.07, 6.45) is -1.37. The molecular weight excluding hydrogens is 320 g/mol. The van der Waals surface area contributed by atoms with Gasteiger partial charge < -0.3 is 0 Å². The Labute approximate surface area is 134 Å². The molecule has 0 fully saturated rings. The summed E-state index contributed by atoms with van der Waals surface area (Å²) in [6.45, 7) is 0. The smallest absolute Gasteiger partial charge is 0.244 e. The highest BCUT2D eigenvalue weighted by molar-refractivity contribution is 5.77. The van der Waals surface area contributed by atoms with Crippen LogP contribution < -0.4 is 0 Å². The molecule has 0 aliphatic heterocycles. The van der Waals surface area contributed by atoms with Crippen LogP contribution in [0.5, 0.6) is 0 Å². The second-order valence-electron chi connectivity index (χ2n) is 5.61. The van der Waals surface area contributed by atoms with Crippen LogP contribution in [0.15, 0.2) is 55.0 Å². The minimum Gasteiger partial charge on any atom is -0.244 e. The van der Waals surface area contributed by atoms with Crippen molar-refractivity contribution in [1.82, 2.24) is 9.97 Å². The minimum atomic E-state index is -4.38. The van der Waals surface area contributed by atoms with Gasteiger partial charge in [-0.25, -0.2) is 14.4 Å². The summed E-state index contributed by atoms with van der Waals surface area (Å²) in [6, 6.07) is 9.39. The third-order valence-electron chi connectivity index (χ3n) is 4.20. The lowest BCUT2D eigenvalue weighted by atomic mass is 9.89. The first kappa shape index (κ1) is 14.8. The van der Waals surface area contributed by atoms with Crippen LogP contribution in [0.1, 0.15) is 28.2 Å². The Morgan fingerprint density at radius 3 is 2.38 bits per heavy atom. The molecule has 3 aromatic rings. The SMILES string of the molecule is Fc1ccc2c(c1)-c1ncncc1C2c1ccc(C(F)(F)F)cc1. The molecule has 0 bridgehead atoms. The average Bonchev–Trinajstić information content (AvgIpc) is 2.88. The molecule has 0 saturated carbocycles. The summed E-state index contributed by atoms with van der Waals surface area (Å²) in [5.41, 5.74) is 2.82. The van der Waals surface area contributed by atoms with Gasteiger partial charge in [-0.1, -0.05) is 18.2 Å². The Balaban J connectivity index is 1.87. The molecule has 0 amide bonds. The van der Waals surface area contributed by atoms with E-state index in [1.54, 1.807) is 12.3 Å². The van der Waals surface area contributed by atoms with Crippen LogP contribution in [0, 0.1) is 5.82 Å². The fourth-order valence-electron chi connectivity index (χ4n) is 3.15. The van der Waals surface area contributed by atoms with Crippen LogP contribution in [0.4, 0.5) is 17.6 Å². The lowest BCUT2D eigenvalue weighted by molar-refractivity contribution is -0.137. The predicted molar refractivity (Wildman–Crippen MR) is 79.8 cm³/mol. The summed E-state index contributed by atoms with van der Waals surface area (Å²) in [4.78, 5) is 8.23. The van der Waals surface area contributed by atoms with E-state index in [0.29, 0.717) is 16.8 Å². The molecule has 2 nitrogen and oxygen atoms in total. The van der Waals surface area contributed by atoms with Crippen molar-refractivity contribution in [3.8, 4) is 11.3 Å². The monoisotopic (exact) mass is 330 g/mol. The third-order valence-corrected chi connectivity index (χ3v) is 4.20. The Hall–Kier alpha value is -2.76. The number of aromatic nitrogens is 2. The number of alkyl halides is 3. The quantitative estimate of drug-likeness (QED) is 0.469. The van der Waals surface area contributed by atoms with Crippen molar-refractivity contribution >= 4 is 0 Å². The van der Waals surface area contributed by atoms with Crippen molar-refractivity contribution in [2.45, 2.75) is 12.1 Å². The maximum absolute atomic E-state index is 13.6. The fourth-order valence-corrected chi connectivity index (χ4v) is 3.15. The summed E-state index contributed by atoms with van der Waals surface area (Å²) in [5.74, 6) is -0.689. The van der Waals surface area contributed by atoms with Crippen LogP contribution >= 0.6 is 0 Å². The molecule has 0 radical (unpaired) electrons. The molecule has 24 heavy (non-hydrogen) atoms. The molecule has 0 N–H and O–H groups in total. The molecule has 1 atom stereocenters. The molecule has 4 rings (SSSR count). The van der Waals surface area contributed by atoms with Crippen molar-refractivity contribution < 1.29 is 17.6 Å². The number of rotatable bonds is 1. The fraction of sp³-hybridized carbons (Fsp3) is 0.111. The van der Waals surface area contributed by atoms with Crippen molar-refractivity contribution in [3.05, 3.63) is 83.1 Å². The number of fused-ring (bicyclic) bond motifs is 3. The van der Waals surface area contributed by atoms with E-state index in [0.717, 1.165) is 23.3 Å². The molecule has 1 heterocycles. The van der Waals surface area contributed by atoms with Gasteiger partial charge in [-0.3, -0.25) is 0 Å². The van der Waals surface area contributed by atoms with Gasteiger partial charge in [-0.2, -0.15) is 13.2 Å². The highest BCUT2D eigenvalue weighted by Crippen LogP contribution is 2.47. The molecule has 1 aliphatic carbocycles. The van der Waals surface area contributed by atoms with Gasteiger partial charge in [0.05, 0.1) is 11.3 Å². The summed E-state index contributed by atoms with van der Waals surface area (Å²) < 4.78 is 51.9. The van der Waals surface area contributed by atoms with Crippen molar-refractivity contribution in [2.75, 3.05) is 0 Å². The lowest BCUT2D eigenvalue weighted by Gasteiger charge is -2.15. The molecule has 1 aromatic heterocycles. The number of halogens is 4. The van der Waals surface area contributed by atoms with E-state index in [1.165, 1.54) is 30.6 Å². The van der Waals surface area contributed by atoms with Gasteiger partial charge in [-0.05, 0) is 35.4 Å². The van der Waals surface area contributed by atoms with E-state index in [1.807, 2.05) is 0 Å². The summed E-state index contributed by atoms with van der Waals surface area (Å²) in [5, 5.41) is 0. The van der Waals surface area contributed by atoms with Crippen LogP contribution in [-0.4, -0.2) is 9.97 Å². The van der Waals surface area contributed by atoms with E-state index in [-0.39, 0.29) is 11.7 Å². The zero-order chi connectivity index (χ0) is 16.9. The van der Waals surface area contributed by atoms with Crippen LogP contribution in [0.2, 0.25) is 0 Å². The topological polar surface area (TPSA) is 25.8 Å². The zero-order valence-corrected chi connectivity index (χ0v) is 12.2. The van der Waals surface area contributed by atoms with Crippen molar-refractivity contribution in [1.29, 1.82) is 0 Å². The maximum atomic E-state index is 13.6. The van der Waals surface area contributed by atoms with Crippen LogP contribution in [-0.2, 0) is 6.18 Å². The van der Waals surface area contributed by atoms with Crippen LogP contribution in [0.25, 0.3) is 11.3 Å². The molecular formula is C18H10F4N2. The van der Waals surface area contributed by atoms with E-state index < -0.39 is 11.7 Å². The third kappa shape index (κ3) is 2.26. The predicted octanol–water partition coefficient (Wildman–Crippen LogP) is 4.80. The van der Waals surface area contributed by atoms with Gasteiger partial charge in [0.25, 0.3) is 0 Å². The van der Waals surface area contributed by atoms with Gasteiger partial charge in [0, 0.05) is 23.2 Å². The van der Waals surface area contributed by atoms with Crippen LogP contribution in [0.3, 0.4) is 0 Å². The van der Waals surface area contributed by atoms with Gasteiger partial charge in [-0.15, -0.1) is 0 Å². The average molecular weight is 330 g/mol. The Bertz CT molecular complexity index is 917. The van der Waals surface area contributed by atoms with Gasteiger partial charge >= 0.3 is 6.18 Å². The number of nitrogens with zero attached hydrogens (tertiary/aromatic N) is 2. The Morgan fingerprint density at radius 1 is 0.917 bits per heavy atom. The standard InChI is InChI=1S/C18H10F4N2/c19-12-5-6-13-14(7-12)17-15(8-23-9-24-17)16(13)10-1-3-11(4-2-10)18(20,21)22/h1-9,16H. The maximum Gasteiger partial charge on any atom is 0.416 e. The molecule has 6 heteroatoms. The summed E-state index contributed by atoms with van der Waals surface area (Å²) >= 11 is 0. The van der Waals surface area contributed by atoms with E-state index >= 15 is 0 Å². The van der Waals surface area contributed by atoms with E-state index in [9.17, 15) is 17.6 Å². The normalized spacial score (nSPS) is 15.9. The molecule has 0 saturated heterocycles. The molecule has 1 unspecified atom stereocenters. The van der Waals surface area contributed by atoms with Gasteiger partial charge in [0.1, 0.15) is 12.1 Å². The molecule has 120 valence electrons. The molecule has 2 aromatic carbocycles. The Morgan fingerprint density at radius 2 is 1.67 bits per heavy atom. The van der Waals surface area contributed by atoms with E-state index in [2.05, 4.69) is 9.97 Å². The van der Waals surface area contributed by atoms with Crippen molar-refractivity contribution in [3.63, 3.8) is 0 Å². The molecule has 1 aliphatic rings. The second kappa shape index (κ2) is 5.12. The Kier molecular flexibility index (Phi) is 3.16. The number of benzene rings is 2. The first-order chi connectivity index (χ1) is 11.4. The van der Waals surface area contributed by atoms with Gasteiger partial charge in [0.2, 0.25) is 0 Å². The largest absolute Gasteiger partial charge is 0.416 e. The minimum absolute atomic E-state index is 0.306. The highest BCUT2D eigenvalue weighted by atomic mass is 19.4. The number of hydrogen-bond donors (Lipinski definition) is 0. The molecule has 0 spiro atoms. The first-order valence-electron chi connectivity index (χ1n) is 7.22. The van der Waals surface area contributed by atoms with Gasteiger partial charge in [0.15, 0.2) is 0 Å². The van der Waals surface area contributed by atoms with Crippen molar-refractivity contribution in [2.24, 2.45) is 0 Å². The summed E-state index contributed by atoms with van der Waals surface area (Å²) in [7, 11) is 0. The number of hydrogen-bond acceptors (Lipinski definition) is 2. The zero-order valence-electron chi connectivity index (χ0n) is 12.2. The highest BCUT2D eigenvalue weighted by Gasteiger charge is 2.33. The first-order valence-corrected chi connectivity index (χ1v) is 7.22. The van der Waals surface area contributed by atoms with E-state index in [4.69, 9.17) is 0 Å².